The highest BCUT2D eigenvalue weighted by atomic mass is 19.1. The zero-order chi connectivity index (χ0) is 29.3. The lowest BCUT2D eigenvalue weighted by Crippen LogP contribution is -2.53. The fourth-order valence-corrected chi connectivity index (χ4v) is 5.59. The first-order valence-electron chi connectivity index (χ1n) is 14.7. The highest BCUT2D eigenvalue weighted by Crippen LogP contribution is 2.21. The van der Waals surface area contributed by atoms with Gasteiger partial charge in [0.05, 0.1) is 0 Å². The van der Waals surface area contributed by atoms with Crippen LogP contribution in [0.2, 0.25) is 0 Å². The quantitative estimate of drug-likeness (QED) is 0.386. The molecule has 8 nitrogen and oxygen atoms in total. The Hall–Kier alpha value is -4.40. The van der Waals surface area contributed by atoms with E-state index in [2.05, 4.69) is 15.5 Å². The van der Waals surface area contributed by atoms with E-state index in [1.165, 1.54) is 48.4 Å². The van der Waals surface area contributed by atoms with Crippen LogP contribution in [-0.2, 0) is 11.3 Å². The van der Waals surface area contributed by atoms with Gasteiger partial charge in [0.1, 0.15) is 12.4 Å². The summed E-state index contributed by atoms with van der Waals surface area (Å²) in [5.74, 6) is -1.10. The Balaban J connectivity index is 1.14. The van der Waals surface area contributed by atoms with Crippen LogP contribution < -0.4 is 15.5 Å². The number of nitrogens with zero attached hydrogens (tertiary/aromatic N) is 3. The number of amides is 4. The molecule has 0 unspecified atom stereocenters. The van der Waals surface area contributed by atoms with E-state index in [1.54, 1.807) is 0 Å². The van der Waals surface area contributed by atoms with Crippen molar-refractivity contribution in [3.05, 3.63) is 95.8 Å². The Bertz CT molecular complexity index is 1340. The molecule has 1 saturated carbocycles. The number of anilines is 2. The van der Waals surface area contributed by atoms with Crippen molar-refractivity contribution >= 4 is 29.2 Å². The summed E-state index contributed by atoms with van der Waals surface area (Å²) in [6, 6.07) is 22.7. The predicted octanol–water partition coefficient (Wildman–Crippen LogP) is 5.27. The topological polar surface area (TPSA) is 85.0 Å². The Morgan fingerprint density at radius 3 is 2.14 bits per heavy atom. The summed E-state index contributed by atoms with van der Waals surface area (Å²) in [7, 11) is 0. The second-order valence-electron chi connectivity index (χ2n) is 11.0. The molecule has 9 heteroatoms. The highest BCUT2D eigenvalue weighted by Gasteiger charge is 2.24. The molecular weight excluding hydrogens is 533 g/mol. The molecule has 0 bridgehead atoms. The summed E-state index contributed by atoms with van der Waals surface area (Å²) in [6.07, 6.45) is 5.79. The molecule has 3 aromatic rings. The van der Waals surface area contributed by atoms with Crippen molar-refractivity contribution in [1.29, 1.82) is 0 Å². The van der Waals surface area contributed by atoms with Crippen molar-refractivity contribution in [1.82, 2.24) is 15.1 Å². The second kappa shape index (κ2) is 14.0. The molecule has 5 rings (SSSR count). The van der Waals surface area contributed by atoms with Gasteiger partial charge in [-0.1, -0.05) is 49.6 Å². The molecule has 0 atom stereocenters. The first kappa shape index (κ1) is 29.1. The number of benzene rings is 3. The monoisotopic (exact) mass is 571 g/mol. The van der Waals surface area contributed by atoms with Crippen LogP contribution >= 0.6 is 0 Å². The molecule has 220 valence electrons. The zero-order valence-corrected chi connectivity index (χ0v) is 23.8. The number of carbonyl (C=O) groups excluding carboxylic acids is 3. The van der Waals surface area contributed by atoms with Crippen LogP contribution in [0.5, 0.6) is 0 Å². The number of rotatable bonds is 8. The largest absolute Gasteiger partial charge is 0.368 e. The Morgan fingerprint density at radius 1 is 0.810 bits per heavy atom. The van der Waals surface area contributed by atoms with Gasteiger partial charge in [-0.15, -0.1) is 0 Å². The van der Waals surface area contributed by atoms with Gasteiger partial charge in [-0.3, -0.25) is 9.59 Å². The number of halogens is 1. The maximum absolute atomic E-state index is 13.4. The Kier molecular flexibility index (Phi) is 9.69. The first-order valence-corrected chi connectivity index (χ1v) is 14.7. The normalized spacial score (nSPS) is 15.6. The fourth-order valence-electron chi connectivity index (χ4n) is 5.59. The van der Waals surface area contributed by atoms with Crippen LogP contribution in [0.3, 0.4) is 0 Å². The molecule has 2 aliphatic rings. The molecule has 1 aliphatic carbocycles. The number of hydrogen-bond acceptors (Lipinski definition) is 4. The molecule has 0 radical (unpaired) electrons. The van der Waals surface area contributed by atoms with Crippen LogP contribution in [0.25, 0.3) is 0 Å². The number of nitrogens with one attached hydrogen (secondary N) is 2. The third-order valence-electron chi connectivity index (χ3n) is 7.94. The molecule has 0 spiro atoms. The van der Waals surface area contributed by atoms with Gasteiger partial charge in [0.15, 0.2) is 0 Å². The van der Waals surface area contributed by atoms with E-state index in [1.807, 2.05) is 59.5 Å². The summed E-state index contributed by atoms with van der Waals surface area (Å²) in [6.45, 7) is 2.89. The van der Waals surface area contributed by atoms with Gasteiger partial charge in [-0.05, 0) is 66.9 Å². The SMILES string of the molecule is O=C(CN(Cc1ccccc1)C(=O)c1ccc(F)cc1)Nc1ccc(N2CCN(C(=O)NC3CCCCC3)CC2)cc1. The summed E-state index contributed by atoms with van der Waals surface area (Å²) in [5, 5.41) is 6.09. The molecule has 2 N–H and O–H groups in total. The summed E-state index contributed by atoms with van der Waals surface area (Å²) in [4.78, 5) is 44.5. The van der Waals surface area contributed by atoms with E-state index < -0.39 is 5.82 Å². The highest BCUT2D eigenvalue weighted by molar-refractivity contribution is 5.99. The summed E-state index contributed by atoms with van der Waals surface area (Å²) < 4.78 is 13.4. The van der Waals surface area contributed by atoms with Crippen molar-refractivity contribution < 1.29 is 18.8 Å². The van der Waals surface area contributed by atoms with Crippen LogP contribution in [0, 0.1) is 5.82 Å². The molecule has 2 fully saturated rings. The van der Waals surface area contributed by atoms with Gasteiger partial charge in [0.2, 0.25) is 5.91 Å². The molecule has 42 heavy (non-hydrogen) atoms. The van der Waals surface area contributed by atoms with Crippen molar-refractivity contribution in [2.75, 3.05) is 42.9 Å². The standard InChI is InChI=1S/C33H38FN5O3/c34-27-13-11-26(12-14-27)32(41)39(23-25-7-3-1-4-8-25)24-31(40)35-29-15-17-30(18-16-29)37-19-21-38(22-20-37)33(42)36-28-9-5-2-6-10-28/h1,3-4,7-8,11-18,28H,2,5-6,9-10,19-24H2,(H,35,40)(H,36,42). The van der Waals surface area contributed by atoms with Gasteiger partial charge >= 0.3 is 6.03 Å². The minimum atomic E-state index is -0.426. The van der Waals surface area contributed by atoms with Gasteiger partial charge in [-0.2, -0.15) is 0 Å². The van der Waals surface area contributed by atoms with Crippen LogP contribution in [0.1, 0.15) is 48.0 Å². The smallest absolute Gasteiger partial charge is 0.317 e. The molecule has 1 saturated heterocycles. The maximum Gasteiger partial charge on any atom is 0.317 e. The average molecular weight is 572 g/mol. The van der Waals surface area contributed by atoms with E-state index in [0.717, 1.165) is 37.2 Å². The van der Waals surface area contributed by atoms with E-state index >= 15 is 0 Å². The minimum Gasteiger partial charge on any atom is -0.368 e. The molecule has 4 amide bonds. The van der Waals surface area contributed by atoms with Crippen molar-refractivity contribution in [3.8, 4) is 0 Å². The lowest BCUT2D eigenvalue weighted by Gasteiger charge is -2.37. The minimum absolute atomic E-state index is 0.0406. The van der Waals surface area contributed by atoms with E-state index in [0.29, 0.717) is 30.4 Å². The molecule has 1 aliphatic heterocycles. The van der Waals surface area contributed by atoms with Gasteiger partial charge < -0.3 is 25.3 Å². The van der Waals surface area contributed by atoms with E-state index in [9.17, 15) is 18.8 Å². The zero-order valence-electron chi connectivity index (χ0n) is 23.8. The molecule has 0 aromatic heterocycles. The number of urea groups is 1. The molecule has 3 aromatic carbocycles. The lowest BCUT2D eigenvalue weighted by atomic mass is 9.96. The lowest BCUT2D eigenvalue weighted by molar-refractivity contribution is -0.117. The third-order valence-corrected chi connectivity index (χ3v) is 7.94. The molecule has 1 heterocycles. The summed E-state index contributed by atoms with van der Waals surface area (Å²) >= 11 is 0. The predicted molar refractivity (Wildman–Crippen MR) is 162 cm³/mol. The van der Waals surface area contributed by atoms with E-state index in [-0.39, 0.29) is 30.9 Å². The van der Waals surface area contributed by atoms with Crippen LogP contribution in [0.4, 0.5) is 20.6 Å². The molecular formula is C33H38FN5O3. The number of hydrogen-bond donors (Lipinski definition) is 2. The fraction of sp³-hybridized carbons (Fsp3) is 0.364. The maximum atomic E-state index is 13.4. The van der Waals surface area contributed by atoms with Crippen molar-refractivity contribution in [2.24, 2.45) is 0 Å². The average Bonchev–Trinajstić information content (AvgIpc) is 3.02. The van der Waals surface area contributed by atoms with Gasteiger partial charge in [-0.25, -0.2) is 9.18 Å². The second-order valence-corrected chi connectivity index (χ2v) is 11.0. The van der Waals surface area contributed by atoms with Crippen LogP contribution in [-0.4, -0.2) is 66.4 Å². The first-order chi connectivity index (χ1) is 20.4. The van der Waals surface area contributed by atoms with Crippen molar-refractivity contribution in [2.45, 2.75) is 44.7 Å². The number of carbonyl (C=O) groups is 3. The van der Waals surface area contributed by atoms with Crippen LogP contribution in [0.15, 0.2) is 78.9 Å². The Labute approximate surface area is 246 Å². The van der Waals surface area contributed by atoms with Gasteiger partial charge in [0.25, 0.3) is 5.91 Å². The van der Waals surface area contributed by atoms with E-state index in [4.69, 9.17) is 0 Å². The third kappa shape index (κ3) is 7.87. The summed E-state index contributed by atoms with van der Waals surface area (Å²) in [5.41, 5.74) is 2.85. The van der Waals surface area contributed by atoms with Crippen molar-refractivity contribution in [3.63, 3.8) is 0 Å². The van der Waals surface area contributed by atoms with Gasteiger partial charge in [0, 0.05) is 55.7 Å². The Morgan fingerprint density at radius 2 is 1.48 bits per heavy atom. The number of piperazine rings is 1.